The van der Waals surface area contributed by atoms with E-state index in [1.807, 2.05) is 13.0 Å². The van der Waals surface area contributed by atoms with Crippen LogP contribution in [0, 0.1) is 5.92 Å². The van der Waals surface area contributed by atoms with Gasteiger partial charge in [0.05, 0.1) is 39.6 Å². The van der Waals surface area contributed by atoms with Crippen molar-refractivity contribution in [3.8, 4) is 11.1 Å². The molecule has 3 atom stereocenters. The molecule has 2 aromatic rings. The summed E-state index contributed by atoms with van der Waals surface area (Å²) in [4.78, 5) is 15.4. The minimum absolute atomic E-state index is 0.000234. The SMILES string of the molecule is CCO[C@@H]1OC(C(=O)N2CCOCC2)=C[C@H](c2cccc3c2Cc2ccccc2-3)[C@H]1CCOCCOCCO. The Morgan fingerprint density at radius 2 is 1.77 bits per heavy atom. The van der Waals surface area contributed by atoms with E-state index in [1.54, 1.807) is 4.90 Å². The third-order valence-electron chi connectivity index (χ3n) is 7.67. The van der Waals surface area contributed by atoms with Gasteiger partial charge in [-0.1, -0.05) is 42.5 Å². The van der Waals surface area contributed by atoms with Crippen molar-refractivity contribution in [1.82, 2.24) is 4.90 Å². The van der Waals surface area contributed by atoms with Crippen LogP contribution in [0.1, 0.15) is 36.0 Å². The first kappa shape index (κ1) is 27.8. The summed E-state index contributed by atoms with van der Waals surface area (Å²) in [6.07, 6.45) is 3.01. The molecule has 0 radical (unpaired) electrons. The summed E-state index contributed by atoms with van der Waals surface area (Å²) in [5, 5.41) is 8.89. The Morgan fingerprint density at radius 1 is 1.00 bits per heavy atom. The highest BCUT2D eigenvalue weighted by molar-refractivity contribution is 5.92. The zero-order chi connectivity index (χ0) is 27.0. The topological polar surface area (TPSA) is 86.7 Å². The fraction of sp³-hybridized carbons (Fsp3) is 0.516. The molecule has 2 heterocycles. The monoisotopic (exact) mass is 537 g/mol. The van der Waals surface area contributed by atoms with Crippen LogP contribution in [0.2, 0.25) is 0 Å². The molecular formula is C31H39NO7. The van der Waals surface area contributed by atoms with Gasteiger partial charge in [0, 0.05) is 38.1 Å². The van der Waals surface area contributed by atoms with Crippen LogP contribution in [-0.4, -0.2) is 88.1 Å². The lowest BCUT2D eigenvalue weighted by atomic mass is 9.78. The highest BCUT2D eigenvalue weighted by Crippen LogP contribution is 2.45. The van der Waals surface area contributed by atoms with Gasteiger partial charge in [0.15, 0.2) is 5.76 Å². The molecule has 0 saturated carbocycles. The zero-order valence-corrected chi connectivity index (χ0v) is 22.7. The molecule has 39 heavy (non-hydrogen) atoms. The lowest BCUT2D eigenvalue weighted by molar-refractivity contribution is -0.173. The van der Waals surface area contributed by atoms with Gasteiger partial charge >= 0.3 is 0 Å². The molecule has 0 bridgehead atoms. The highest BCUT2D eigenvalue weighted by atomic mass is 16.7. The van der Waals surface area contributed by atoms with Crippen molar-refractivity contribution in [1.29, 1.82) is 0 Å². The Kier molecular flexibility index (Phi) is 9.66. The van der Waals surface area contributed by atoms with Gasteiger partial charge in [-0.3, -0.25) is 4.79 Å². The number of rotatable bonds is 12. The second-order valence-electron chi connectivity index (χ2n) is 10.0. The zero-order valence-electron chi connectivity index (χ0n) is 22.7. The summed E-state index contributed by atoms with van der Waals surface area (Å²) >= 11 is 0. The Hall–Kier alpha value is -2.75. The van der Waals surface area contributed by atoms with Crippen LogP contribution in [0.15, 0.2) is 54.3 Å². The molecule has 1 amide bonds. The molecule has 0 unspecified atom stereocenters. The van der Waals surface area contributed by atoms with E-state index in [0.717, 1.165) is 6.42 Å². The number of carbonyl (C=O) groups is 1. The summed E-state index contributed by atoms with van der Waals surface area (Å²) in [6.45, 7) is 6.28. The molecule has 1 saturated heterocycles. The summed E-state index contributed by atoms with van der Waals surface area (Å²) in [5.41, 5.74) is 6.37. The normalized spacial score (nSPS) is 22.2. The molecule has 8 nitrogen and oxygen atoms in total. The van der Waals surface area contributed by atoms with E-state index in [1.165, 1.54) is 27.8 Å². The lowest BCUT2D eigenvalue weighted by Gasteiger charge is -2.39. The quantitative estimate of drug-likeness (QED) is 0.354. The number of hydrogen-bond acceptors (Lipinski definition) is 7. The van der Waals surface area contributed by atoms with E-state index in [-0.39, 0.29) is 24.3 Å². The highest BCUT2D eigenvalue weighted by Gasteiger charge is 2.40. The first-order valence-corrected chi connectivity index (χ1v) is 14.0. The molecule has 2 aliphatic heterocycles. The Morgan fingerprint density at radius 3 is 2.56 bits per heavy atom. The van der Waals surface area contributed by atoms with Crippen molar-refractivity contribution in [2.75, 3.05) is 65.9 Å². The van der Waals surface area contributed by atoms with Crippen molar-refractivity contribution in [3.63, 3.8) is 0 Å². The maximum Gasteiger partial charge on any atom is 0.288 e. The van der Waals surface area contributed by atoms with Gasteiger partial charge in [0.1, 0.15) is 0 Å². The molecular weight excluding hydrogens is 498 g/mol. The third kappa shape index (κ3) is 6.36. The average Bonchev–Trinajstić information content (AvgIpc) is 3.36. The average molecular weight is 538 g/mol. The number of hydrogen-bond donors (Lipinski definition) is 1. The van der Waals surface area contributed by atoms with Gasteiger partial charge in [0.25, 0.3) is 5.91 Å². The number of aliphatic hydroxyl groups is 1. The van der Waals surface area contributed by atoms with Crippen molar-refractivity contribution >= 4 is 5.91 Å². The van der Waals surface area contributed by atoms with Gasteiger partial charge in [-0.15, -0.1) is 0 Å². The van der Waals surface area contributed by atoms with Crippen molar-refractivity contribution in [3.05, 3.63) is 71.0 Å². The summed E-state index contributed by atoms with van der Waals surface area (Å²) in [6, 6.07) is 15.1. The molecule has 0 aromatic heterocycles. The first-order valence-electron chi connectivity index (χ1n) is 14.0. The Balaban J connectivity index is 1.44. The van der Waals surface area contributed by atoms with Crippen LogP contribution in [0.3, 0.4) is 0 Å². The maximum absolute atomic E-state index is 13.5. The van der Waals surface area contributed by atoms with Crippen molar-refractivity contribution in [2.24, 2.45) is 5.92 Å². The van der Waals surface area contributed by atoms with E-state index >= 15 is 0 Å². The number of aliphatic hydroxyl groups excluding tert-OH is 1. The van der Waals surface area contributed by atoms with E-state index in [2.05, 4.69) is 42.5 Å². The predicted octanol–water partition coefficient (Wildman–Crippen LogP) is 3.51. The van der Waals surface area contributed by atoms with Gasteiger partial charge in [-0.25, -0.2) is 0 Å². The second kappa shape index (κ2) is 13.5. The number of carbonyl (C=O) groups excluding carboxylic acids is 1. The molecule has 0 spiro atoms. The molecule has 8 heteroatoms. The second-order valence-corrected chi connectivity index (χ2v) is 10.0. The smallest absolute Gasteiger partial charge is 0.288 e. The number of benzene rings is 2. The molecule has 2 aromatic carbocycles. The van der Waals surface area contributed by atoms with Crippen LogP contribution >= 0.6 is 0 Å². The molecule has 1 N–H and O–H groups in total. The largest absolute Gasteiger partial charge is 0.459 e. The summed E-state index contributed by atoms with van der Waals surface area (Å²) in [7, 11) is 0. The van der Waals surface area contributed by atoms with Gasteiger partial charge in [-0.05, 0) is 53.7 Å². The molecule has 1 fully saturated rings. The predicted molar refractivity (Wildman–Crippen MR) is 146 cm³/mol. The maximum atomic E-state index is 13.5. The Bertz CT molecular complexity index is 1140. The van der Waals surface area contributed by atoms with E-state index in [9.17, 15) is 4.79 Å². The number of morpholine rings is 1. The van der Waals surface area contributed by atoms with Crippen molar-refractivity contribution < 1.29 is 33.6 Å². The molecule has 5 rings (SSSR count). The van der Waals surface area contributed by atoms with Gasteiger partial charge in [-0.2, -0.15) is 0 Å². The van der Waals surface area contributed by atoms with Crippen molar-refractivity contribution in [2.45, 2.75) is 32.0 Å². The van der Waals surface area contributed by atoms with E-state index in [4.69, 9.17) is 28.8 Å². The lowest BCUT2D eigenvalue weighted by Crippen LogP contribution is -2.44. The van der Waals surface area contributed by atoms with Crippen LogP contribution in [0.25, 0.3) is 11.1 Å². The first-order chi connectivity index (χ1) is 19.2. The van der Waals surface area contributed by atoms with Crippen LogP contribution in [0.4, 0.5) is 0 Å². The van der Waals surface area contributed by atoms with E-state index in [0.29, 0.717) is 71.5 Å². The molecule has 1 aliphatic carbocycles. The van der Waals surface area contributed by atoms with Crippen LogP contribution in [-0.2, 0) is 34.9 Å². The third-order valence-corrected chi connectivity index (χ3v) is 7.67. The fourth-order valence-corrected chi connectivity index (χ4v) is 5.81. The minimum atomic E-state index is -0.570. The van der Waals surface area contributed by atoms with Crippen LogP contribution in [0.5, 0.6) is 0 Å². The Labute approximate surface area is 230 Å². The number of allylic oxidation sites excluding steroid dienone is 1. The molecule has 210 valence electrons. The number of ether oxygens (including phenoxy) is 5. The van der Waals surface area contributed by atoms with Gasteiger partial charge < -0.3 is 33.7 Å². The summed E-state index contributed by atoms with van der Waals surface area (Å²) in [5.74, 6) is 0.121. The minimum Gasteiger partial charge on any atom is -0.459 e. The fourth-order valence-electron chi connectivity index (χ4n) is 5.81. The number of nitrogens with zero attached hydrogens (tertiary/aromatic N) is 1. The molecule has 3 aliphatic rings. The van der Waals surface area contributed by atoms with Crippen LogP contribution < -0.4 is 0 Å². The summed E-state index contributed by atoms with van der Waals surface area (Å²) < 4.78 is 29.1. The van der Waals surface area contributed by atoms with E-state index < -0.39 is 6.29 Å². The van der Waals surface area contributed by atoms with Gasteiger partial charge in [0.2, 0.25) is 6.29 Å². The number of amides is 1. The number of fused-ring (bicyclic) bond motifs is 3. The standard InChI is InChI=1S/C31H39NO7/c1-2-38-31-26(10-14-35-18-19-37-17-13-33)28(21-29(39-31)30(34)32-11-15-36-16-12-32)25-9-5-8-24-23-7-4-3-6-22(23)20-27(24)25/h3-9,21,26,28,31,33H,2,10-20H2,1H3/t26-,28-,31-/m1/s1.